The van der Waals surface area contributed by atoms with Crippen LogP contribution in [0.25, 0.3) is 11.1 Å². The van der Waals surface area contributed by atoms with E-state index in [9.17, 15) is 13.2 Å². The Labute approximate surface area is 163 Å². The summed E-state index contributed by atoms with van der Waals surface area (Å²) in [6.07, 6.45) is 1.18. The van der Waals surface area contributed by atoms with Crippen molar-refractivity contribution in [1.82, 2.24) is 5.32 Å². The molecule has 0 spiro atoms. The Hall–Kier alpha value is -2.44. The molecule has 0 saturated carbocycles. The van der Waals surface area contributed by atoms with E-state index in [0.717, 1.165) is 16.7 Å². The van der Waals surface area contributed by atoms with Crippen LogP contribution in [0, 0.1) is 6.92 Å². The number of carbonyl (C=O) groups excluding carboxylic acids is 1. The summed E-state index contributed by atoms with van der Waals surface area (Å²) in [5.74, 6) is -0.139. The van der Waals surface area contributed by atoms with E-state index in [1.165, 1.54) is 23.2 Å². The summed E-state index contributed by atoms with van der Waals surface area (Å²) in [6, 6.07) is 16.4. The second-order valence-corrected chi connectivity index (χ2v) is 9.50. The first-order valence-corrected chi connectivity index (χ1v) is 11.3. The number of amides is 1. The molecule has 0 bridgehead atoms. The Balaban J connectivity index is 1.78. The molecule has 0 saturated heterocycles. The zero-order chi connectivity index (χ0) is 19.6. The number of rotatable bonds is 5. The van der Waals surface area contributed by atoms with Crippen LogP contribution < -0.4 is 5.32 Å². The Morgan fingerprint density at radius 3 is 2.22 bits per heavy atom. The molecule has 1 unspecified atom stereocenters. The minimum atomic E-state index is -3.23. The van der Waals surface area contributed by atoms with Crippen molar-refractivity contribution >= 4 is 27.1 Å². The minimum Gasteiger partial charge on any atom is -0.345 e. The van der Waals surface area contributed by atoms with Gasteiger partial charge in [0.15, 0.2) is 9.84 Å². The van der Waals surface area contributed by atoms with Crippen molar-refractivity contribution < 1.29 is 13.2 Å². The third-order valence-electron chi connectivity index (χ3n) is 4.39. The van der Waals surface area contributed by atoms with Crippen LogP contribution in [-0.2, 0) is 9.84 Å². The van der Waals surface area contributed by atoms with Gasteiger partial charge in [-0.05, 0) is 48.6 Å². The molecule has 1 heterocycles. The van der Waals surface area contributed by atoms with Gasteiger partial charge in [0.25, 0.3) is 5.91 Å². The highest BCUT2D eigenvalue weighted by Gasteiger charge is 2.18. The SMILES string of the molecule is Cc1ccc(-c2ccsc2C(=O)NC(C)c2ccc(S(C)(=O)=O)cc2)cc1. The highest BCUT2D eigenvalue weighted by Crippen LogP contribution is 2.29. The van der Waals surface area contributed by atoms with E-state index in [1.54, 1.807) is 24.3 Å². The van der Waals surface area contributed by atoms with Crippen molar-refractivity contribution in [2.75, 3.05) is 6.26 Å². The van der Waals surface area contributed by atoms with Gasteiger partial charge in [-0.3, -0.25) is 4.79 Å². The number of hydrogen-bond acceptors (Lipinski definition) is 4. The monoisotopic (exact) mass is 399 g/mol. The second-order valence-electron chi connectivity index (χ2n) is 6.57. The Kier molecular flexibility index (Phi) is 5.48. The van der Waals surface area contributed by atoms with E-state index >= 15 is 0 Å². The van der Waals surface area contributed by atoms with Crippen LogP contribution in [0.5, 0.6) is 0 Å². The molecular formula is C21H21NO3S2. The third-order valence-corrected chi connectivity index (χ3v) is 6.43. The maximum atomic E-state index is 12.8. The molecule has 1 N–H and O–H groups in total. The molecule has 0 aliphatic heterocycles. The molecule has 3 rings (SSSR count). The third kappa shape index (κ3) is 4.46. The van der Waals surface area contributed by atoms with Crippen LogP contribution in [0.4, 0.5) is 0 Å². The van der Waals surface area contributed by atoms with Crippen LogP contribution in [0.3, 0.4) is 0 Å². The summed E-state index contributed by atoms with van der Waals surface area (Å²) in [7, 11) is -3.23. The smallest absolute Gasteiger partial charge is 0.262 e. The predicted molar refractivity (Wildman–Crippen MR) is 110 cm³/mol. The number of benzene rings is 2. The van der Waals surface area contributed by atoms with Crippen LogP contribution in [0.2, 0.25) is 0 Å². The van der Waals surface area contributed by atoms with Crippen molar-refractivity contribution in [3.63, 3.8) is 0 Å². The summed E-state index contributed by atoms with van der Waals surface area (Å²) in [4.78, 5) is 13.7. The first-order valence-electron chi connectivity index (χ1n) is 8.51. The Bertz CT molecular complexity index is 1050. The fourth-order valence-corrected chi connectivity index (χ4v) is 4.24. The standard InChI is InChI=1S/C21H21NO3S2/c1-14-4-6-17(7-5-14)19-12-13-26-20(19)21(23)22-15(2)16-8-10-18(11-9-16)27(3,24)25/h4-13,15H,1-3H3,(H,22,23). The summed E-state index contributed by atoms with van der Waals surface area (Å²) >= 11 is 1.41. The lowest BCUT2D eigenvalue weighted by atomic mass is 10.0. The van der Waals surface area contributed by atoms with Crippen molar-refractivity contribution in [3.05, 3.63) is 76.0 Å². The normalized spacial score (nSPS) is 12.6. The van der Waals surface area contributed by atoms with Crippen molar-refractivity contribution in [1.29, 1.82) is 0 Å². The molecule has 27 heavy (non-hydrogen) atoms. The number of nitrogens with one attached hydrogen (secondary N) is 1. The molecule has 4 nitrogen and oxygen atoms in total. The molecule has 6 heteroatoms. The summed E-state index contributed by atoms with van der Waals surface area (Å²) in [6.45, 7) is 3.91. The van der Waals surface area contributed by atoms with E-state index in [-0.39, 0.29) is 16.8 Å². The van der Waals surface area contributed by atoms with Crippen LogP contribution >= 0.6 is 11.3 Å². The molecule has 0 aliphatic rings. The molecule has 0 radical (unpaired) electrons. The van der Waals surface area contributed by atoms with Gasteiger partial charge in [-0.25, -0.2) is 8.42 Å². The van der Waals surface area contributed by atoms with Crippen LogP contribution in [0.1, 0.15) is 33.8 Å². The fraction of sp³-hybridized carbons (Fsp3) is 0.190. The van der Waals surface area contributed by atoms with E-state index in [1.807, 2.05) is 49.6 Å². The molecule has 3 aromatic rings. The summed E-state index contributed by atoms with van der Waals surface area (Å²) in [5.41, 5.74) is 3.95. The van der Waals surface area contributed by atoms with Crippen molar-refractivity contribution in [3.8, 4) is 11.1 Å². The zero-order valence-electron chi connectivity index (χ0n) is 15.4. The summed E-state index contributed by atoms with van der Waals surface area (Å²) in [5, 5.41) is 4.91. The van der Waals surface area contributed by atoms with Gasteiger partial charge < -0.3 is 5.32 Å². The number of sulfone groups is 1. The highest BCUT2D eigenvalue weighted by atomic mass is 32.2. The lowest BCUT2D eigenvalue weighted by Gasteiger charge is -2.15. The largest absolute Gasteiger partial charge is 0.345 e. The number of aryl methyl sites for hydroxylation is 1. The average molecular weight is 400 g/mol. The Morgan fingerprint density at radius 1 is 1.00 bits per heavy atom. The van der Waals surface area contributed by atoms with Crippen LogP contribution in [-0.4, -0.2) is 20.6 Å². The van der Waals surface area contributed by atoms with Gasteiger partial charge in [-0.2, -0.15) is 0 Å². The first kappa shape index (κ1) is 19.3. The number of hydrogen-bond donors (Lipinski definition) is 1. The maximum Gasteiger partial charge on any atom is 0.262 e. The highest BCUT2D eigenvalue weighted by molar-refractivity contribution is 7.90. The Morgan fingerprint density at radius 2 is 1.63 bits per heavy atom. The molecular weight excluding hydrogens is 378 g/mol. The van der Waals surface area contributed by atoms with E-state index in [4.69, 9.17) is 0 Å². The lowest BCUT2D eigenvalue weighted by Crippen LogP contribution is -2.26. The lowest BCUT2D eigenvalue weighted by molar-refractivity contribution is 0.0944. The summed E-state index contributed by atoms with van der Waals surface area (Å²) < 4.78 is 23.1. The van der Waals surface area contributed by atoms with Gasteiger partial charge in [0, 0.05) is 11.8 Å². The second kappa shape index (κ2) is 7.66. The molecule has 1 aromatic heterocycles. The van der Waals surface area contributed by atoms with Crippen molar-refractivity contribution in [2.45, 2.75) is 24.8 Å². The van der Waals surface area contributed by atoms with Gasteiger partial charge in [-0.15, -0.1) is 11.3 Å². The van der Waals surface area contributed by atoms with Gasteiger partial charge in [0.1, 0.15) is 0 Å². The van der Waals surface area contributed by atoms with Crippen LogP contribution in [0.15, 0.2) is 64.9 Å². The van der Waals surface area contributed by atoms with Gasteiger partial charge in [-0.1, -0.05) is 42.0 Å². The molecule has 140 valence electrons. The fourth-order valence-electron chi connectivity index (χ4n) is 2.79. The van der Waals surface area contributed by atoms with Gasteiger partial charge >= 0.3 is 0 Å². The molecule has 0 aliphatic carbocycles. The average Bonchev–Trinajstić information content (AvgIpc) is 3.11. The molecule has 1 amide bonds. The minimum absolute atomic E-state index is 0.139. The van der Waals surface area contributed by atoms with Gasteiger partial charge in [0.2, 0.25) is 0 Å². The quantitative estimate of drug-likeness (QED) is 0.681. The van der Waals surface area contributed by atoms with Crippen molar-refractivity contribution in [2.24, 2.45) is 0 Å². The molecule has 0 fully saturated rings. The first-order chi connectivity index (χ1) is 12.8. The zero-order valence-corrected chi connectivity index (χ0v) is 17.0. The van der Waals surface area contributed by atoms with E-state index < -0.39 is 9.84 Å². The van der Waals surface area contributed by atoms with E-state index in [2.05, 4.69) is 5.32 Å². The molecule has 1 atom stereocenters. The van der Waals surface area contributed by atoms with E-state index in [0.29, 0.717) is 4.88 Å². The number of carbonyl (C=O) groups is 1. The molecule has 2 aromatic carbocycles. The topological polar surface area (TPSA) is 63.2 Å². The maximum absolute atomic E-state index is 12.8. The van der Waals surface area contributed by atoms with Gasteiger partial charge in [0.05, 0.1) is 15.8 Å². The number of thiophene rings is 1. The predicted octanol–water partition coefficient (Wildman–Crippen LogP) is 4.62.